The van der Waals surface area contributed by atoms with Crippen LogP contribution in [0.25, 0.3) is 0 Å². The Morgan fingerprint density at radius 1 is 1.13 bits per heavy atom. The number of amides is 1. The van der Waals surface area contributed by atoms with Crippen molar-refractivity contribution in [2.24, 2.45) is 5.92 Å². The van der Waals surface area contributed by atoms with E-state index in [1.807, 2.05) is 24.3 Å². The van der Waals surface area contributed by atoms with Crippen molar-refractivity contribution in [1.29, 1.82) is 0 Å². The number of sulfonamides is 1. The average Bonchev–Trinajstić information content (AvgIpc) is 2.76. The summed E-state index contributed by atoms with van der Waals surface area (Å²) in [5.41, 5.74) is 1.66. The molecule has 31 heavy (non-hydrogen) atoms. The van der Waals surface area contributed by atoms with Crippen molar-refractivity contribution in [2.75, 3.05) is 26.7 Å². The van der Waals surface area contributed by atoms with Gasteiger partial charge >= 0.3 is 0 Å². The molecule has 1 saturated heterocycles. The number of hydrogen-bond acceptors (Lipinski definition) is 4. The van der Waals surface area contributed by atoms with Crippen LogP contribution in [0.3, 0.4) is 0 Å². The van der Waals surface area contributed by atoms with E-state index in [1.165, 1.54) is 4.31 Å². The van der Waals surface area contributed by atoms with Gasteiger partial charge in [-0.15, -0.1) is 0 Å². The number of methoxy groups -OCH3 is 1. The first-order valence-corrected chi connectivity index (χ1v) is 12.5. The molecule has 0 bridgehead atoms. The molecule has 2 aromatic rings. The predicted octanol–water partition coefficient (Wildman–Crippen LogP) is 3.90. The molecule has 1 aliphatic heterocycles. The molecule has 1 heterocycles. The van der Waals surface area contributed by atoms with Crippen molar-refractivity contribution in [1.82, 2.24) is 9.62 Å². The minimum absolute atomic E-state index is 0.108. The molecule has 9 heteroatoms. The number of benzene rings is 2. The van der Waals surface area contributed by atoms with Gasteiger partial charge in [0.05, 0.1) is 28.8 Å². The largest absolute Gasteiger partial charge is 0.497 e. The Morgan fingerprint density at radius 3 is 2.52 bits per heavy atom. The fraction of sp³-hybridized carbons (Fsp3) is 0.409. The van der Waals surface area contributed by atoms with Gasteiger partial charge in [0.15, 0.2) is 0 Å². The lowest BCUT2D eigenvalue weighted by molar-refractivity contribution is -0.126. The maximum atomic E-state index is 12.9. The highest BCUT2D eigenvalue weighted by Crippen LogP contribution is 2.26. The van der Waals surface area contributed by atoms with Gasteiger partial charge in [-0.1, -0.05) is 41.4 Å². The van der Waals surface area contributed by atoms with Crippen LogP contribution in [0.2, 0.25) is 10.0 Å². The summed E-state index contributed by atoms with van der Waals surface area (Å²) in [5, 5.41) is 3.64. The van der Waals surface area contributed by atoms with E-state index < -0.39 is 10.0 Å². The number of carbonyl (C=O) groups is 1. The van der Waals surface area contributed by atoms with E-state index in [0.717, 1.165) is 11.3 Å². The molecule has 2 aromatic carbocycles. The summed E-state index contributed by atoms with van der Waals surface area (Å²) >= 11 is 11.9. The number of nitrogens with one attached hydrogen (secondary N) is 1. The molecule has 1 N–H and O–H groups in total. The molecular formula is C22H26Cl2N2O4S. The maximum Gasteiger partial charge on any atom is 0.224 e. The SMILES string of the molecule is COc1ccc(CCNC(=O)C2CCCN(S(=O)(=O)Cc3ccc(Cl)c(Cl)c3)C2)cc1. The summed E-state index contributed by atoms with van der Waals surface area (Å²) in [6.45, 7) is 1.11. The van der Waals surface area contributed by atoms with Gasteiger partial charge in [0.2, 0.25) is 15.9 Å². The van der Waals surface area contributed by atoms with Gasteiger partial charge in [-0.25, -0.2) is 12.7 Å². The molecule has 168 valence electrons. The number of nitrogens with zero attached hydrogens (tertiary/aromatic N) is 1. The zero-order chi connectivity index (χ0) is 22.4. The highest BCUT2D eigenvalue weighted by Gasteiger charge is 2.32. The number of carbonyl (C=O) groups excluding carboxylic acids is 1. The van der Waals surface area contributed by atoms with E-state index in [1.54, 1.807) is 25.3 Å². The second-order valence-electron chi connectivity index (χ2n) is 7.59. The zero-order valence-corrected chi connectivity index (χ0v) is 19.6. The predicted molar refractivity (Wildman–Crippen MR) is 123 cm³/mol. The summed E-state index contributed by atoms with van der Waals surface area (Å²) < 4.78 is 32.3. The smallest absolute Gasteiger partial charge is 0.224 e. The van der Waals surface area contributed by atoms with E-state index in [4.69, 9.17) is 27.9 Å². The third-order valence-electron chi connectivity index (χ3n) is 5.35. The molecule has 3 rings (SSSR count). The summed E-state index contributed by atoms with van der Waals surface area (Å²) in [6.07, 6.45) is 2.02. The normalized spacial score (nSPS) is 17.3. The highest BCUT2D eigenvalue weighted by atomic mass is 35.5. The van der Waals surface area contributed by atoms with Crippen LogP contribution in [0.15, 0.2) is 42.5 Å². The van der Waals surface area contributed by atoms with E-state index in [0.29, 0.717) is 48.0 Å². The minimum atomic E-state index is -3.56. The van der Waals surface area contributed by atoms with Gasteiger partial charge in [-0.3, -0.25) is 4.79 Å². The Morgan fingerprint density at radius 2 is 1.84 bits per heavy atom. The van der Waals surface area contributed by atoms with Crippen LogP contribution in [-0.2, 0) is 27.0 Å². The summed E-state index contributed by atoms with van der Waals surface area (Å²) in [4.78, 5) is 12.6. The second-order valence-corrected chi connectivity index (χ2v) is 10.4. The molecule has 0 saturated carbocycles. The molecule has 6 nitrogen and oxygen atoms in total. The second kappa shape index (κ2) is 10.7. The third kappa shape index (κ3) is 6.59. The number of piperidine rings is 1. The Kier molecular flexibility index (Phi) is 8.22. The summed E-state index contributed by atoms with van der Waals surface area (Å²) in [6, 6.07) is 12.5. The molecule has 1 aliphatic rings. The van der Waals surface area contributed by atoms with Crippen molar-refractivity contribution in [3.05, 3.63) is 63.6 Å². The van der Waals surface area contributed by atoms with Crippen molar-refractivity contribution in [2.45, 2.75) is 25.0 Å². The molecule has 1 unspecified atom stereocenters. The Balaban J connectivity index is 1.53. The van der Waals surface area contributed by atoms with Gasteiger partial charge in [0.25, 0.3) is 0 Å². The topological polar surface area (TPSA) is 75.7 Å². The number of hydrogen-bond donors (Lipinski definition) is 1. The van der Waals surface area contributed by atoms with E-state index in [-0.39, 0.29) is 24.1 Å². The lowest BCUT2D eigenvalue weighted by atomic mass is 9.99. The van der Waals surface area contributed by atoms with E-state index >= 15 is 0 Å². The lowest BCUT2D eigenvalue weighted by Crippen LogP contribution is -2.46. The number of halogens is 2. The van der Waals surface area contributed by atoms with Crippen LogP contribution in [0.4, 0.5) is 0 Å². The average molecular weight is 485 g/mol. The monoisotopic (exact) mass is 484 g/mol. The molecule has 1 fully saturated rings. The zero-order valence-electron chi connectivity index (χ0n) is 17.3. The molecule has 0 radical (unpaired) electrons. The maximum absolute atomic E-state index is 12.9. The first-order chi connectivity index (χ1) is 14.8. The quantitative estimate of drug-likeness (QED) is 0.616. The van der Waals surface area contributed by atoms with Crippen LogP contribution < -0.4 is 10.1 Å². The van der Waals surface area contributed by atoms with E-state index in [9.17, 15) is 13.2 Å². The van der Waals surface area contributed by atoms with Crippen LogP contribution >= 0.6 is 23.2 Å². The fourth-order valence-corrected chi connectivity index (χ4v) is 5.53. The minimum Gasteiger partial charge on any atom is -0.497 e. The first kappa shape index (κ1) is 23.9. The van der Waals surface area contributed by atoms with Crippen molar-refractivity contribution < 1.29 is 17.9 Å². The standard InChI is InChI=1S/C22H26Cl2N2O4S/c1-30-19-7-4-16(5-8-19)10-11-25-22(27)18-3-2-12-26(14-18)31(28,29)15-17-6-9-20(23)21(24)13-17/h4-9,13,18H,2-3,10-12,14-15H2,1H3,(H,25,27). The molecule has 1 amide bonds. The fourth-order valence-electron chi connectivity index (χ4n) is 3.61. The molecule has 0 spiro atoms. The Hall–Kier alpha value is -1.80. The molecule has 0 aromatic heterocycles. The third-order valence-corrected chi connectivity index (χ3v) is 7.91. The molecule has 0 aliphatic carbocycles. The van der Waals surface area contributed by atoms with Gasteiger partial charge in [0.1, 0.15) is 5.75 Å². The van der Waals surface area contributed by atoms with Gasteiger partial charge in [-0.2, -0.15) is 0 Å². The van der Waals surface area contributed by atoms with Crippen LogP contribution in [0.1, 0.15) is 24.0 Å². The Bertz CT molecular complexity index is 1010. The number of ether oxygens (including phenoxy) is 1. The number of rotatable bonds is 8. The van der Waals surface area contributed by atoms with E-state index in [2.05, 4.69) is 5.32 Å². The highest BCUT2D eigenvalue weighted by molar-refractivity contribution is 7.88. The van der Waals surface area contributed by atoms with Crippen molar-refractivity contribution in [3.63, 3.8) is 0 Å². The van der Waals surface area contributed by atoms with Crippen LogP contribution in [0.5, 0.6) is 5.75 Å². The van der Waals surface area contributed by atoms with Crippen LogP contribution in [0, 0.1) is 5.92 Å². The Labute approximate surface area is 193 Å². The van der Waals surface area contributed by atoms with Crippen molar-refractivity contribution in [3.8, 4) is 5.75 Å². The summed E-state index contributed by atoms with van der Waals surface area (Å²) in [5.74, 6) is 0.156. The first-order valence-electron chi connectivity index (χ1n) is 10.1. The molecular weight excluding hydrogens is 459 g/mol. The molecule has 1 atom stereocenters. The van der Waals surface area contributed by atoms with Crippen LogP contribution in [-0.4, -0.2) is 45.4 Å². The lowest BCUT2D eigenvalue weighted by Gasteiger charge is -2.31. The van der Waals surface area contributed by atoms with Gasteiger partial charge in [-0.05, 0) is 54.7 Å². The van der Waals surface area contributed by atoms with Gasteiger partial charge < -0.3 is 10.1 Å². The van der Waals surface area contributed by atoms with Gasteiger partial charge in [0, 0.05) is 19.6 Å². The summed E-state index contributed by atoms with van der Waals surface area (Å²) in [7, 11) is -1.94. The van der Waals surface area contributed by atoms with Crippen molar-refractivity contribution >= 4 is 39.1 Å².